The lowest BCUT2D eigenvalue weighted by molar-refractivity contribution is -0.150. The van der Waals surface area contributed by atoms with Crippen molar-refractivity contribution in [2.45, 2.75) is 12.2 Å². The molecule has 4 nitrogen and oxygen atoms in total. The fraction of sp³-hybridized carbons (Fsp3) is 0.500. The predicted molar refractivity (Wildman–Crippen MR) is 27.7 cm³/mol. The van der Waals surface area contributed by atoms with Crippen molar-refractivity contribution in [3.8, 4) is 0 Å². The van der Waals surface area contributed by atoms with E-state index in [9.17, 15) is 4.79 Å². The predicted octanol–water partition coefficient (Wildman–Crippen LogP) is -0.448. The molecule has 2 atom stereocenters. The van der Waals surface area contributed by atoms with Crippen LogP contribution in [0.15, 0.2) is 11.5 Å². The fourth-order valence-electron chi connectivity index (χ4n) is 1.40. The average Bonchev–Trinajstić information content (AvgIpc) is 2.12. The summed E-state index contributed by atoms with van der Waals surface area (Å²) in [7, 11) is 0. The summed E-state index contributed by atoms with van der Waals surface area (Å²) in [4.78, 5) is 10.8. The number of rotatable bonds is 0. The molecule has 1 fully saturated rings. The summed E-state index contributed by atoms with van der Waals surface area (Å²) in [5, 5.41) is 0. The number of hydrogen-bond acceptors (Lipinski definition) is 4. The van der Waals surface area contributed by atoms with E-state index in [0.29, 0.717) is 18.1 Å². The van der Waals surface area contributed by atoms with E-state index in [2.05, 4.69) is 0 Å². The summed E-state index contributed by atoms with van der Waals surface area (Å²) in [5.41, 5.74) is 0. The van der Waals surface area contributed by atoms with Gasteiger partial charge in [-0.1, -0.05) is 0 Å². The molecule has 0 amide bonds. The molecule has 3 heterocycles. The van der Waals surface area contributed by atoms with Gasteiger partial charge in [-0.3, -0.25) is 0 Å². The van der Waals surface area contributed by atoms with Crippen LogP contribution in [-0.4, -0.2) is 24.8 Å². The molecular formula is C6H4O4. The third-order valence-electron chi connectivity index (χ3n) is 1.91. The van der Waals surface area contributed by atoms with Crippen molar-refractivity contribution >= 4 is 5.97 Å². The topological polar surface area (TPSA) is 44.8 Å². The first-order chi connectivity index (χ1) is 4.86. The molecule has 0 spiro atoms. The molecule has 2 unspecified atom stereocenters. The van der Waals surface area contributed by atoms with E-state index in [-0.39, 0.29) is 12.1 Å². The van der Waals surface area contributed by atoms with Gasteiger partial charge in [0.2, 0.25) is 0 Å². The van der Waals surface area contributed by atoms with E-state index < -0.39 is 6.10 Å². The molecule has 3 aliphatic rings. The molecule has 0 aromatic heterocycles. The Bertz CT molecular complexity index is 254. The second-order valence-electron chi connectivity index (χ2n) is 2.48. The van der Waals surface area contributed by atoms with Gasteiger partial charge in [-0.05, 0) is 0 Å². The highest BCUT2D eigenvalue weighted by atomic mass is 16.7. The maximum absolute atomic E-state index is 10.8. The minimum atomic E-state index is -0.479. The van der Waals surface area contributed by atoms with Gasteiger partial charge in [-0.15, -0.1) is 0 Å². The summed E-state index contributed by atoms with van der Waals surface area (Å²) >= 11 is 0. The number of ether oxygens (including phenoxy) is 3. The van der Waals surface area contributed by atoms with Crippen molar-refractivity contribution in [2.24, 2.45) is 0 Å². The number of carbonyl (C=O) groups excluding carboxylic acids is 1. The zero-order valence-electron chi connectivity index (χ0n) is 4.99. The smallest absolute Gasteiger partial charge is 0.345 e. The summed E-state index contributed by atoms with van der Waals surface area (Å²) < 4.78 is 15.1. The summed E-state index contributed by atoms with van der Waals surface area (Å²) in [5.74, 6) is 1.07. The third-order valence-corrected chi connectivity index (χ3v) is 1.91. The second kappa shape index (κ2) is 1.20. The van der Waals surface area contributed by atoms with Crippen LogP contribution in [0.3, 0.4) is 0 Å². The molecule has 0 aliphatic carbocycles. The second-order valence-corrected chi connectivity index (χ2v) is 2.48. The van der Waals surface area contributed by atoms with Crippen molar-refractivity contribution in [1.29, 1.82) is 0 Å². The molecule has 3 rings (SSSR count). The molecule has 0 N–H and O–H groups in total. The maximum Gasteiger partial charge on any atom is 0.345 e. The van der Waals surface area contributed by atoms with Crippen LogP contribution in [0.1, 0.15) is 0 Å². The van der Waals surface area contributed by atoms with Crippen LogP contribution in [0.4, 0.5) is 0 Å². The quantitative estimate of drug-likeness (QED) is 0.427. The highest BCUT2D eigenvalue weighted by molar-refractivity contribution is 5.82. The monoisotopic (exact) mass is 140 g/mol. The van der Waals surface area contributed by atoms with Crippen molar-refractivity contribution in [3.05, 3.63) is 11.5 Å². The Morgan fingerprint density at radius 1 is 1.40 bits per heavy atom. The Morgan fingerprint density at radius 3 is 2.90 bits per heavy atom. The zero-order valence-corrected chi connectivity index (χ0v) is 4.99. The van der Waals surface area contributed by atoms with Crippen LogP contribution in [-0.2, 0) is 19.0 Å². The summed E-state index contributed by atoms with van der Waals surface area (Å²) in [6.45, 7) is 0.391. The van der Waals surface area contributed by atoms with E-state index in [0.717, 1.165) is 0 Å². The molecule has 0 aromatic carbocycles. The van der Waals surface area contributed by atoms with Gasteiger partial charge < -0.3 is 14.2 Å². The van der Waals surface area contributed by atoms with E-state index in [1.165, 1.54) is 0 Å². The SMILES string of the molecule is O=C1OC2=C3COC1C2O3. The Labute approximate surface area is 56.4 Å². The Kier molecular flexibility index (Phi) is 0.568. The number of carbonyl (C=O) groups is 1. The van der Waals surface area contributed by atoms with Crippen molar-refractivity contribution in [2.75, 3.05) is 6.61 Å². The molecule has 10 heavy (non-hydrogen) atoms. The van der Waals surface area contributed by atoms with Gasteiger partial charge >= 0.3 is 5.97 Å². The Morgan fingerprint density at radius 2 is 2.30 bits per heavy atom. The highest BCUT2D eigenvalue weighted by Gasteiger charge is 2.56. The number of esters is 1. The van der Waals surface area contributed by atoms with Gasteiger partial charge in [-0.2, -0.15) is 0 Å². The average molecular weight is 140 g/mol. The van der Waals surface area contributed by atoms with Gasteiger partial charge in [0.05, 0.1) is 0 Å². The van der Waals surface area contributed by atoms with Crippen LogP contribution in [0.25, 0.3) is 0 Å². The Hall–Kier alpha value is -1.03. The third kappa shape index (κ3) is 0.318. The summed E-state index contributed by atoms with van der Waals surface area (Å²) in [6.07, 6.45) is -0.691. The number of hydrogen-bond donors (Lipinski definition) is 0. The molecule has 1 saturated heterocycles. The van der Waals surface area contributed by atoms with Crippen LogP contribution >= 0.6 is 0 Å². The molecule has 0 radical (unpaired) electrons. The molecule has 0 aromatic rings. The maximum atomic E-state index is 10.8. The van der Waals surface area contributed by atoms with E-state index in [4.69, 9.17) is 14.2 Å². The fourth-order valence-corrected chi connectivity index (χ4v) is 1.40. The van der Waals surface area contributed by atoms with Crippen LogP contribution in [0.5, 0.6) is 0 Å². The van der Waals surface area contributed by atoms with E-state index in [1.54, 1.807) is 0 Å². The lowest BCUT2D eigenvalue weighted by Crippen LogP contribution is -2.43. The standard InChI is InChI=1S/C6H4O4/c7-6-5-4-3(10-6)2(9-4)1-8-5/h4-5H,1H2. The zero-order chi connectivity index (χ0) is 6.72. The van der Waals surface area contributed by atoms with Gasteiger partial charge in [0.1, 0.15) is 6.61 Å². The van der Waals surface area contributed by atoms with Crippen LogP contribution in [0.2, 0.25) is 0 Å². The van der Waals surface area contributed by atoms with Crippen molar-refractivity contribution in [3.63, 3.8) is 0 Å². The van der Waals surface area contributed by atoms with Gasteiger partial charge in [0.15, 0.2) is 23.7 Å². The van der Waals surface area contributed by atoms with Crippen LogP contribution in [0, 0.1) is 0 Å². The first-order valence-corrected chi connectivity index (χ1v) is 3.09. The minimum Gasteiger partial charge on any atom is -0.477 e. The minimum absolute atomic E-state index is 0.212. The van der Waals surface area contributed by atoms with Crippen molar-refractivity contribution in [1.82, 2.24) is 0 Å². The van der Waals surface area contributed by atoms with Gasteiger partial charge in [-0.25, -0.2) is 4.79 Å². The first-order valence-electron chi connectivity index (χ1n) is 3.09. The lowest BCUT2D eigenvalue weighted by atomic mass is 10.1. The molecule has 52 valence electrons. The van der Waals surface area contributed by atoms with Gasteiger partial charge in [0, 0.05) is 0 Å². The molecule has 4 bridgehead atoms. The van der Waals surface area contributed by atoms with E-state index >= 15 is 0 Å². The van der Waals surface area contributed by atoms with Gasteiger partial charge in [0.25, 0.3) is 0 Å². The van der Waals surface area contributed by atoms with Crippen molar-refractivity contribution < 1.29 is 19.0 Å². The molecule has 3 aliphatic heterocycles. The normalized spacial score (nSPS) is 40.6. The van der Waals surface area contributed by atoms with E-state index in [1.807, 2.05) is 0 Å². The molecular weight excluding hydrogens is 136 g/mol. The highest BCUT2D eigenvalue weighted by Crippen LogP contribution is 2.41. The summed E-state index contributed by atoms with van der Waals surface area (Å²) in [6, 6.07) is 0. The molecule has 4 heteroatoms. The van der Waals surface area contributed by atoms with Crippen LogP contribution < -0.4 is 0 Å². The Balaban J connectivity index is 2.17. The largest absolute Gasteiger partial charge is 0.477 e. The molecule has 0 saturated carbocycles. The lowest BCUT2D eigenvalue weighted by Gasteiger charge is -2.33. The first kappa shape index (κ1) is 4.73.